The number of anilines is 1. The maximum Gasteiger partial charge on any atom is 0.264 e. The summed E-state index contributed by atoms with van der Waals surface area (Å²) in [7, 11) is -7.08. The lowest BCUT2D eigenvalue weighted by molar-refractivity contribution is 0.130. The van der Waals surface area contributed by atoms with Gasteiger partial charge >= 0.3 is 0 Å². The standard InChI is InChI=1S/C22H29ClN2O5S2/c1-17(2)15-25(19-7-4-6-18(23)14-19)32(28,29)22-11-9-20(10-12-22)30-21-8-5-13-24(16-21)31(3,26)27/h4,6-7,9-12,14,17,21H,5,8,13,15-16H2,1-3H3/t21-/m1/s1. The highest BCUT2D eigenvalue weighted by Gasteiger charge is 2.28. The Morgan fingerprint density at radius 1 is 1.12 bits per heavy atom. The predicted molar refractivity (Wildman–Crippen MR) is 127 cm³/mol. The monoisotopic (exact) mass is 500 g/mol. The Morgan fingerprint density at radius 2 is 1.81 bits per heavy atom. The van der Waals surface area contributed by atoms with E-state index in [9.17, 15) is 16.8 Å². The molecule has 1 fully saturated rings. The van der Waals surface area contributed by atoms with Crippen LogP contribution in [-0.4, -0.2) is 53.1 Å². The number of rotatable bonds is 8. The van der Waals surface area contributed by atoms with Crippen LogP contribution in [-0.2, 0) is 20.0 Å². The minimum Gasteiger partial charge on any atom is -0.489 e. The lowest BCUT2D eigenvalue weighted by Crippen LogP contribution is -2.43. The van der Waals surface area contributed by atoms with Crippen molar-refractivity contribution in [1.29, 1.82) is 0 Å². The third-order valence-corrected chi connectivity index (χ3v) is 8.46. The molecule has 0 aromatic heterocycles. The van der Waals surface area contributed by atoms with Gasteiger partial charge in [-0.25, -0.2) is 16.8 Å². The van der Waals surface area contributed by atoms with Gasteiger partial charge in [-0.1, -0.05) is 31.5 Å². The fourth-order valence-electron chi connectivity index (χ4n) is 3.62. The molecule has 176 valence electrons. The van der Waals surface area contributed by atoms with Crippen molar-refractivity contribution in [3.63, 3.8) is 0 Å². The van der Waals surface area contributed by atoms with Crippen LogP contribution in [0.25, 0.3) is 0 Å². The summed E-state index contributed by atoms with van der Waals surface area (Å²) in [6.45, 7) is 4.99. The van der Waals surface area contributed by atoms with Crippen LogP contribution < -0.4 is 9.04 Å². The predicted octanol–water partition coefficient (Wildman–Crippen LogP) is 3.99. The minimum absolute atomic E-state index is 0.107. The van der Waals surface area contributed by atoms with Gasteiger partial charge in [-0.2, -0.15) is 4.31 Å². The van der Waals surface area contributed by atoms with Gasteiger partial charge in [-0.15, -0.1) is 0 Å². The summed E-state index contributed by atoms with van der Waals surface area (Å²) < 4.78 is 59.1. The average molecular weight is 501 g/mol. The van der Waals surface area contributed by atoms with Crippen LogP contribution >= 0.6 is 11.6 Å². The first-order valence-corrected chi connectivity index (χ1v) is 14.1. The smallest absolute Gasteiger partial charge is 0.264 e. The summed E-state index contributed by atoms with van der Waals surface area (Å²) in [5, 5.41) is 0.464. The van der Waals surface area contributed by atoms with Crippen molar-refractivity contribution >= 4 is 37.3 Å². The minimum atomic E-state index is -3.81. The second-order valence-corrected chi connectivity index (χ2v) is 12.7. The van der Waals surface area contributed by atoms with Crippen LogP contribution in [0.2, 0.25) is 5.02 Å². The van der Waals surface area contributed by atoms with Crippen molar-refractivity contribution in [2.24, 2.45) is 5.92 Å². The van der Waals surface area contributed by atoms with E-state index in [4.69, 9.17) is 16.3 Å². The molecular weight excluding hydrogens is 472 g/mol. The largest absolute Gasteiger partial charge is 0.489 e. The Bertz CT molecular complexity index is 1140. The summed E-state index contributed by atoms with van der Waals surface area (Å²) >= 11 is 6.09. The number of nitrogens with zero attached hydrogens (tertiary/aromatic N) is 2. The van der Waals surface area contributed by atoms with E-state index in [0.717, 1.165) is 6.42 Å². The van der Waals surface area contributed by atoms with E-state index in [0.29, 0.717) is 36.0 Å². The lowest BCUT2D eigenvalue weighted by atomic mass is 10.1. The molecule has 1 saturated heterocycles. The van der Waals surface area contributed by atoms with Crippen LogP contribution in [0.5, 0.6) is 5.75 Å². The number of hydrogen-bond acceptors (Lipinski definition) is 5. The second-order valence-electron chi connectivity index (χ2n) is 8.38. The van der Waals surface area contributed by atoms with Gasteiger partial charge in [-0.3, -0.25) is 4.31 Å². The maximum atomic E-state index is 13.4. The van der Waals surface area contributed by atoms with Crippen LogP contribution in [0, 0.1) is 5.92 Å². The zero-order valence-corrected chi connectivity index (χ0v) is 20.8. The van der Waals surface area contributed by atoms with E-state index in [2.05, 4.69) is 0 Å². The molecule has 3 rings (SSSR count). The molecular formula is C22H29ClN2O5S2. The van der Waals surface area contributed by atoms with Crippen LogP contribution in [0.3, 0.4) is 0 Å². The van der Waals surface area contributed by atoms with Crippen LogP contribution in [0.4, 0.5) is 5.69 Å². The molecule has 0 aliphatic carbocycles. The zero-order chi connectivity index (χ0) is 23.5. The van der Waals surface area contributed by atoms with Crippen molar-refractivity contribution in [3.05, 3.63) is 53.6 Å². The summed E-state index contributed by atoms with van der Waals surface area (Å²) in [5.74, 6) is 0.609. The zero-order valence-electron chi connectivity index (χ0n) is 18.4. The summed E-state index contributed by atoms with van der Waals surface area (Å²) in [5.41, 5.74) is 0.509. The van der Waals surface area contributed by atoms with Gasteiger partial charge in [0.15, 0.2) is 0 Å². The van der Waals surface area contributed by atoms with Gasteiger partial charge in [0.1, 0.15) is 11.9 Å². The topological polar surface area (TPSA) is 84.0 Å². The van der Waals surface area contributed by atoms with E-state index in [1.807, 2.05) is 13.8 Å². The highest BCUT2D eigenvalue weighted by Crippen LogP contribution is 2.29. The molecule has 0 amide bonds. The Balaban J connectivity index is 1.80. The molecule has 0 unspecified atom stereocenters. The highest BCUT2D eigenvalue weighted by molar-refractivity contribution is 7.92. The van der Waals surface area contributed by atoms with E-state index >= 15 is 0 Å². The number of hydrogen-bond donors (Lipinski definition) is 0. The number of piperidine rings is 1. The van der Waals surface area contributed by atoms with Crippen LogP contribution in [0.1, 0.15) is 26.7 Å². The normalized spacial score (nSPS) is 18.0. The van der Waals surface area contributed by atoms with Crippen molar-refractivity contribution < 1.29 is 21.6 Å². The molecule has 0 spiro atoms. The van der Waals surface area contributed by atoms with Crippen LogP contribution in [0.15, 0.2) is 53.4 Å². The molecule has 1 aliphatic heterocycles. The second kappa shape index (κ2) is 9.99. The van der Waals surface area contributed by atoms with Gasteiger partial charge < -0.3 is 4.74 Å². The van der Waals surface area contributed by atoms with Crippen molar-refractivity contribution in [1.82, 2.24) is 4.31 Å². The molecule has 0 radical (unpaired) electrons. The van der Waals surface area contributed by atoms with Gasteiger partial charge in [0.25, 0.3) is 10.0 Å². The number of benzene rings is 2. The quantitative estimate of drug-likeness (QED) is 0.547. The Morgan fingerprint density at radius 3 is 2.41 bits per heavy atom. The molecule has 10 heteroatoms. The molecule has 7 nitrogen and oxygen atoms in total. The molecule has 0 bridgehead atoms. The van der Waals surface area contributed by atoms with Crippen molar-refractivity contribution in [3.8, 4) is 5.75 Å². The first-order valence-electron chi connectivity index (χ1n) is 10.5. The molecule has 2 aromatic carbocycles. The van der Waals surface area contributed by atoms with Crippen molar-refractivity contribution in [2.75, 3.05) is 30.2 Å². The first-order chi connectivity index (χ1) is 15.0. The molecule has 1 heterocycles. The SMILES string of the molecule is CC(C)CN(c1cccc(Cl)c1)S(=O)(=O)c1ccc(O[C@@H]2CCCN(S(C)(=O)=O)C2)cc1. The third kappa shape index (κ3) is 6.15. The van der Waals surface area contributed by atoms with Gasteiger partial charge in [-0.05, 0) is 61.2 Å². The maximum absolute atomic E-state index is 13.4. The third-order valence-electron chi connectivity index (χ3n) is 5.15. The summed E-state index contributed by atoms with van der Waals surface area (Å²) in [4.78, 5) is 0.145. The molecule has 1 atom stereocenters. The number of halogens is 1. The highest BCUT2D eigenvalue weighted by atomic mass is 35.5. The fraction of sp³-hybridized carbons (Fsp3) is 0.455. The average Bonchev–Trinajstić information content (AvgIpc) is 2.72. The van der Waals surface area contributed by atoms with Gasteiger partial charge in [0.05, 0.1) is 23.4 Å². The summed E-state index contributed by atoms with van der Waals surface area (Å²) in [6, 6.07) is 13.0. The first kappa shape index (κ1) is 24.8. The Labute approximate surface area is 196 Å². The number of ether oxygens (including phenoxy) is 1. The molecule has 32 heavy (non-hydrogen) atoms. The van der Waals surface area contributed by atoms with Gasteiger partial charge in [0.2, 0.25) is 10.0 Å². The Kier molecular flexibility index (Phi) is 7.75. The summed E-state index contributed by atoms with van der Waals surface area (Å²) in [6.07, 6.45) is 2.37. The van der Waals surface area contributed by atoms with E-state index in [1.54, 1.807) is 36.4 Å². The van der Waals surface area contributed by atoms with E-state index in [1.165, 1.54) is 27.0 Å². The van der Waals surface area contributed by atoms with E-state index in [-0.39, 0.29) is 23.5 Å². The molecule has 2 aromatic rings. The lowest BCUT2D eigenvalue weighted by Gasteiger charge is -2.31. The molecule has 0 saturated carbocycles. The molecule has 1 aliphatic rings. The van der Waals surface area contributed by atoms with E-state index < -0.39 is 20.0 Å². The van der Waals surface area contributed by atoms with Gasteiger partial charge in [0, 0.05) is 18.1 Å². The fourth-order valence-corrected chi connectivity index (χ4v) is 6.32. The van der Waals surface area contributed by atoms with Crippen molar-refractivity contribution in [2.45, 2.75) is 37.7 Å². The molecule has 0 N–H and O–H groups in total. The Hall–Kier alpha value is -1.81. The number of sulfonamides is 2.